The fourth-order valence-corrected chi connectivity index (χ4v) is 2.44. The van der Waals surface area contributed by atoms with E-state index in [1.54, 1.807) is 12.1 Å². The number of furan rings is 1. The van der Waals surface area contributed by atoms with Gasteiger partial charge in [-0.1, -0.05) is 13.0 Å². The number of benzene rings is 1. The van der Waals surface area contributed by atoms with Gasteiger partial charge >= 0.3 is 0 Å². The molecule has 0 bridgehead atoms. The molecule has 22 heavy (non-hydrogen) atoms. The standard InChI is InChI=1S/C18H18FNO2/c1-11-3-4-13(19)10-16(11)20-18(21)8-6-14-5-7-17(22-14)15-9-12(15)2/h3-8,10,12,15H,9H2,1-2H3,(H,20,21)/b8-6+/t12-,15-/m0/s1. The van der Waals surface area contributed by atoms with Gasteiger partial charge in [0, 0.05) is 17.7 Å². The van der Waals surface area contributed by atoms with Gasteiger partial charge in [0.25, 0.3) is 0 Å². The van der Waals surface area contributed by atoms with Crippen LogP contribution in [0.5, 0.6) is 0 Å². The molecule has 2 aromatic rings. The van der Waals surface area contributed by atoms with E-state index in [1.807, 2.05) is 19.1 Å². The maximum Gasteiger partial charge on any atom is 0.248 e. The average molecular weight is 299 g/mol. The number of carbonyl (C=O) groups excluding carboxylic acids is 1. The molecule has 1 N–H and O–H groups in total. The van der Waals surface area contributed by atoms with Gasteiger partial charge in [-0.25, -0.2) is 4.39 Å². The molecule has 0 unspecified atom stereocenters. The summed E-state index contributed by atoms with van der Waals surface area (Å²) < 4.78 is 18.9. The van der Waals surface area contributed by atoms with E-state index in [9.17, 15) is 9.18 Å². The summed E-state index contributed by atoms with van der Waals surface area (Å²) in [5, 5.41) is 2.66. The van der Waals surface area contributed by atoms with Crippen molar-refractivity contribution in [3.63, 3.8) is 0 Å². The van der Waals surface area contributed by atoms with Gasteiger partial charge in [-0.3, -0.25) is 4.79 Å². The fraction of sp³-hybridized carbons (Fsp3) is 0.278. The highest BCUT2D eigenvalue weighted by Gasteiger charge is 2.36. The Morgan fingerprint density at radius 1 is 1.36 bits per heavy atom. The van der Waals surface area contributed by atoms with Crippen LogP contribution in [0.25, 0.3) is 6.08 Å². The summed E-state index contributed by atoms with van der Waals surface area (Å²) in [6.07, 6.45) is 4.18. The SMILES string of the molecule is Cc1ccc(F)cc1NC(=O)/C=C/c1ccc([C@H]2C[C@@H]2C)o1. The van der Waals surface area contributed by atoms with E-state index < -0.39 is 0 Å². The van der Waals surface area contributed by atoms with Crippen molar-refractivity contribution in [2.24, 2.45) is 5.92 Å². The first-order valence-corrected chi connectivity index (χ1v) is 7.38. The van der Waals surface area contributed by atoms with Crippen LogP contribution in [-0.2, 0) is 4.79 Å². The van der Waals surface area contributed by atoms with Gasteiger partial charge in [-0.2, -0.15) is 0 Å². The highest BCUT2D eigenvalue weighted by atomic mass is 19.1. The predicted octanol–water partition coefficient (Wildman–Crippen LogP) is 4.50. The summed E-state index contributed by atoms with van der Waals surface area (Å²) >= 11 is 0. The fourth-order valence-electron chi connectivity index (χ4n) is 2.44. The van der Waals surface area contributed by atoms with Crippen LogP contribution in [0.3, 0.4) is 0 Å². The van der Waals surface area contributed by atoms with Crippen LogP contribution in [0.1, 0.15) is 36.3 Å². The maximum atomic E-state index is 13.2. The van der Waals surface area contributed by atoms with Crippen molar-refractivity contribution >= 4 is 17.7 Å². The molecular weight excluding hydrogens is 281 g/mol. The van der Waals surface area contributed by atoms with Gasteiger partial charge < -0.3 is 9.73 Å². The Balaban J connectivity index is 1.63. The number of aryl methyl sites for hydroxylation is 1. The Morgan fingerprint density at radius 3 is 2.86 bits per heavy atom. The number of hydrogen-bond donors (Lipinski definition) is 1. The molecule has 1 heterocycles. The van der Waals surface area contributed by atoms with Gasteiger partial charge in [-0.05, 0) is 55.2 Å². The molecule has 114 valence electrons. The van der Waals surface area contributed by atoms with E-state index in [-0.39, 0.29) is 11.7 Å². The molecule has 1 saturated carbocycles. The zero-order chi connectivity index (χ0) is 15.7. The average Bonchev–Trinajstić information content (AvgIpc) is 3.02. The summed E-state index contributed by atoms with van der Waals surface area (Å²) in [6, 6.07) is 8.12. The number of anilines is 1. The van der Waals surface area contributed by atoms with Crippen LogP contribution in [0.2, 0.25) is 0 Å². The third-order valence-corrected chi connectivity index (χ3v) is 3.98. The first-order chi connectivity index (χ1) is 10.5. The molecule has 0 saturated heterocycles. The zero-order valence-electron chi connectivity index (χ0n) is 12.6. The third kappa shape index (κ3) is 3.27. The van der Waals surface area contributed by atoms with Crippen molar-refractivity contribution < 1.29 is 13.6 Å². The molecular formula is C18H18FNO2. The lowest BCUT2D eigenvalue weighted by Crippen LogP contribution is -2.09. The van der Waals surface area contributed by atoms with E-state index in [1.165, 1.54) is 18.2 Å². The van der Waals surface area contributed by atoms with E-state index in [2.05, 4.69) is 12.2 Å². The number of hydrogen-bond acceptors (Lipinski definition) is 2. The van der Waals surface area contributed by atoms with Crippen molar-refractivity contribution in [3.05, 3.63) is 59.3 Å². The van der Waals surface area contributed by atoms with E-state index in [0.717, 1.165) is 17.7 Å². The molecule has 1 fully saturated rings. The van der Waals surface area contributed by atoms with Crippen LogP contribution < -0.4 is 5.32 Å². The highest BCUT2D eigenvalue weighted by molar-refractivity contribution is 6.02. The van der Waals surface area contributed by atoms with Crippen LogP contribution in [-0.4, -0.2) is 5.91 Å². The molecule has 3 nitrogen and oxygen atoms in total. The first kappa shape index (κ1) is 14.6. The lowest BCUT2D eigenvalue weighted by atomic mass is 10.2. The molecule has 1 aliphatic rings. The van der Waals surface area contributed by atoms with E-state index in [0.29, 0.717) is 23.3 Å². The van der Waals surface area contributed by atoms with Gasteiger partial charge in [0.2, 0.25) is 5.91 Å². The molecule has 0 aliphatic heterocycles. The van der Waals surface area contributed by atoms with Gasteiger partial charge in [0.15, 0.2) is 0 Å². The molecule has 0 spiro atoms. The largest absolute Gasteiger partial charge is 0.461 e. The monoisotopic (exact) mass is 299 g/mol. The van der Waals surface area contributed by atoms with Crippen LogP contribution >= 0.6 is 0 Å². The Hall–Kier alpha value is -2.36. The van der Waals surface area contributed by atoms with Crippen LogP contribution in [0, 0.1) is 18.7 Å². The Bertz CT molecular complexity index is 732. The highest BCUT2D eigenvalue weighted by Crippen LogP contribution is 2.47. The van der Waals surface area contributed by atoms with Crippen molar-refractivity contribution in [2.45, 2.75) is 26.2 Å². The predicted molar refractivity (Wildman–Crippen MR) is 84.0 cm³/mol. The van der Waals surface area contributed by atoms with E-state index in [4.69, 9.17) is 4.42 Å². The second kappa shape index (κ2) is 5.79. The Morgan fingerprint density at radius 2 is 2.14 bits per heavy atom. The molecule has 0 radical (unpaired) electrons. The molecule has 1 aliphatic carbocycles. The summed E-state index contributed by atoms with van der Waals surface area (Å²) in [4.78, 5) is 11.9. The van der Waals surface area contributed by atoms with Gasteiger partial charge in [-0.15, -0.1) is 0 Å². The van der Waals surface area contributed by atoms with Gasteiger partial charge in [0.1, 0.15) is 17.3 Å². The number of halogens is 1. The lowest BCUT2D eigenvalue weighted by Gasteiger charge is -2.05. The zero-order valence-corrected chi connectivity index (χ0v) is 12.6. The van der Waals surface area contributed by atoms with Crippen LogP contribution in [0.15, 0.2) is 40.8 Å². The second-order valence-electron chi connectivity index (χ2n) is 5.84. The van der Waals surface area contributed by atoms with Crippen molar-refractivity contribution in [3.8, 4) is 0 Å². The molecule has 2 atom stereocenters. The third-order valence-electron chi connectivity index (χ3n) is 3.98. The second-order valence-corrected chi connectivity index (χ2v) is 5.84. The number of nitrogens with one attached hydrogen (secondary N) is 1. The molecule has 1 aromatic heterocycles. The topological polar surface area (TPSA) is 42.2 Å². The minimum Gasteiger partial charge on any atom is -0.461 e. The molecule has 3 rings (SSSR count). The summed E-state index contributed by atoms with van der Waals surface area (Å²) in [7, 11) is 0. The Labute approximate surface area is 128 Å². The smallest absolute Gasteiger partial charge is 0.248 e. The lowest BCUT2D eigenvalue weighted by molar-refractivity contribution is -0.111. The Kier molecular flexibility index (Phi) is 3.84. The van der Waals surface area contributed by atoms with E-state index >= 15 is 0 Å². The number of carbonyl (C=O) groups is 1. The minimum atomic E-state index is -0.376. The van der Waals surface area contributed by atoms with Crippen molar-refractivity contribution in [1.82, 2.24) is 0 Å². The van der Waals surface area contributed by atoms with Crippen molar-refractivity contribution in [2.75, 3.05) is 5.32 Å². The quantitative estimate of drug-likeness (QED) is 0.844. The minimum absolute atomic E-state index is 0.313. The first-order valence-electron chi connectivity index (χ1n) is 7.38. The number of amides is 1. The summed E-state index contributed by atoms with van der Waals surface area (Å²) in [6.45, 7) is 4.01. The number of rotatable bonds is 4. The maximum absolute atomic E-state index is 13.2. The molecule has 4 heteroatoms. The summed E-state index contributed by atoms with van der Waals surface area (Å²) in [5.41, 5.74) is 1.28. The van der Waals surface area contributed by atoms with Crippen molar-refractivity contribution in [1.29, 1.82) is 0 Å². The summed E-state index contributed by atoms with van der Waals surface area (Å²) in [5.74, 6) is 2.15. The molecule has 1 aromatic carbocycles. The van der Waals surface area contributed by atoms with Gasteiger partial charge in [0.05, 0.1) is 0 Å². The van der Waals surface area contributed by atoms with Crippen LogP contribution in [0.4, 0.5) is 10.1 Å². The molecule has 1 amide bonds. The normalized spacial score (nSPS) is 20.3.